The van der Waals surface area contributed by atoms with Gasteiger partial charge in [0.05, 0.1) is 16.7 Å². The van der Waals surface area contributed by atoms with Crippen LogP contribution in [0.15, 0.2) is 28.3 Å². The first-order chi connectivity index (χ1) is 16.0. The molecule has 0 radical (unpaired) electrons. The number of amides is 1. The number of rotatable bonds is 6. The molecule has 0 atom stereocenters. The van der Waals surface area contributed by atoms with Gasteiger partial charge in [0.1, 0.15) is 0 Å². The van der Waals surface area contributed by atoms with Crippen LogP contribution >= 0.6 is 11.8 Å². The number of nitrogens with zero attached hydrogens (tertiary/aromatic N) is 6. The second-order valence-corrected chi connectivity index (χ2v) is 11.9. The zero-order valence-electron chi connectivity index (χ0n) is 18.7. The lowest BCUT2D eigenvalue weighted by molar-refractivity contribution is -0.116. The Morgan fingerprint density at radius 2 is 1.79 bits per heavy atom. The van der Waals surface area contributed by atoms with Crippen molar-refractivity contribution in [1.82, 2.24) is 24.5 Å². The van der Waals surface area contributed by atoms with E-state index in [0.717, 1.165) is 43.4 Å². The van der Waals surface area contributed by atoms with E-state index >= 15 is 0 Å². The van der Waals surface area contributed by atoms with Crippen molar-refractivity contribution >= 4 is 33.4 Å². The largest absolute Gasteiger partial charge is 0.311 e. The first-order valence-electron chi connectivity index (χ1n) is 11.9. The topological polar surface area (TPSA) is 101 Å². The van der Waals surface area contributed by atoms with Crippen LogP contribution in [0.5, 0.6) is 0 Å². The number of benzene rings is 1. The van der Waals surface area contributed by atoms with Crippen LogP contribution in [0.25, 0.3) is 0 Å². The van der Waals surface area contributed by atoms with Crippen LogP contribution in [0.2, 0.25) is 0 Å². The summed E-state index contributed by atoms with van der Waals surface area (Å²) >= 11 is 1.38. The molecule has 1 saturated heterocycles. The van der Waals surface area contributed by atoms with Crippen molar-refractivity contribution < 1.29 is 13.2 Å². The van der Waals surface area contributed by atoms with Crippen LogP contribution in [0.1, 0.15) is 63.0 Å². The van der Waals surface area contributed by atoms with Crippen molar-refractivity contribution in [2.24, 2.45) is 0 Å². The number of piperidine rings is 1. The SMILES string of the molecule is O=C(CSc1nnnn1C1CCCCC1)N1CCc2cc(S(=O)(=O)N3CCCCC3)ccc21. The van der Waals surface area contributed by atoms with Crippen molar-refractivity contribution in [3.63, 3.8) is 0 Å². The Kier molecular flexibility index (Phi) is 6.71. The van der Waals surface area contributed by atoms with Crippen LogP contribution in [0.3, 0.4) is 0 Å². The highest BCUT2D eigenvalue weighted by Crippen LogP contribution is 2.33. The van der Waals surface area contributed by atoms with E-state index in [2.05, 4.69) is 15.5 Å². The van der Waals surface area contributed by atoms with E-state index in [9.17, 15) is 13.2 Å². The number of anilines is 1. The number of hydrogen-bond donors (Lipinski definition) is 0. The van der Waals surface area contributed by atoms with Crippen molar-refractivity contribution in [1.29, 1.82) is 0 Å². The summed E-state index contributed by atoms with van der Waals surface area (Å²) in [6.45, 7) is 1.73. The van der Waals surface area contributed by atoms with Gasteiger partial charge in [-0.25, -0.2) is 13.1 Å². The molecule has 0 N–H and O–H groups in total. The Balaban J connectivity index is 1.25. The molecule has 2 aromatic rings. The summed E-state index contributed by atoms with van der Waals surface area (Å²) in [4.78, 5) is 15.1. The van der Waals surface area contributed by atoms with Gasteiger partial charge >= 0.3 is 0 Å². The maximum atomic E-state index is 13.0. The summed E-state index contributed by atoms with van der Waals surface area (Å²) in [6.07, 6.45) is 9.36. The molecule has 0 bridgehead atoms. The van der Waals surface area contributed by atoms with E-state index in [1.807, 2.05) is 4.68 Å². The van der Waals surface area contributed by atoms with Crippen molar-refractivity contribution in [3.8, 4) is 0 Å². The molecule has 3 heterocycles. The number of hydrogen-bond acceptors (Lipinski definition) is 7. The summed E-state index contributed by atoms with van der Waals surface area (Å²) in [5.41, 5.74) is 1.73. The van der Waals surface area contributed by atoms with Crippen molar-refractivity contribution in [2.75, 3.05) is 30.3 Å². The molecular weight excluding hydrogens is 460 g/mol. The molecule has 178 valence electrons. The van der Waals surface area contributed by atoms with Gasteiger partial charge in [-0.15, -0.1) is 5.10 Å². The predicted molar refractivity (Wildman–Crippen MR) is 126 cm³/mol. The molecule has 1 aromatic heterocycles. The molecule has 9 nitrogen and oxygen atoms in total. The van der Waals surface area contributed by atoms with Crippen LogP contribution in [-0.2, 0) is 21.2 Å². The molecule has 11 heteroatoms. The maximum Gasteiger partial charge on any atom is 0.243 e. The zero-order chi connectivity index (χ0) is 22.8. The molecule has 0 spiro atoms. The highest BCUT2D eigenvalue weighted by Gasteiger charge is 2.30. The molecular formula is C22H30N6O3S2. The van der Waals surface area contributed by atoms with E-state index in [-0.39, 0.29) is 11.7 Å². The van der Waals surface area contributed by atoms with E-state index in [1.165, 1.54) is 31.0 Å². The number of carbonyl (C=O) groups excluding carboxylic acids is 1. The smallest absolute Gasteiger partial charge is 0.243 e. The summed E-state index contributed by atoms with van der Waals surface area (Å²) in [7, 11) is -3.48. The fraction of sp³-hybridized carbons (Fsp3) is 0.636. The van der Waals surface area contributed by atoms with Gasteiger partial charge in [0.25, 0.3) is 0 Å². The Labute approximate surface area is 198 Å². The number of thioether (sulfide) groups is 1. The molecule has 0 unspecified atom stereocenters. The first-order valence-corrected chi connectivity index (χ1v) is 14.3. The number of fused-ring (bicyclic) bond motifs is 1. The third-order valence-electron chi connectivity index (χ3n) is 6.91. The molecule has 1 saturated carbocycles. The third-order valence-corrected chi connectivity index (χ3v) is 9.72. The zero-order valence-corrected chi connectivity index (χ0v) is 20.4. The Hall–Kier alpha value is -1.98. The normalized spacial score (nSPS) is 20.2. The van der Waals surface area contributed by atoms with Gasteiger partial charge in [-0.3, -0.25) is 4.79 Å². The maximum absolute atomic E-state index is 13.0. The van der Waals surface area contributed by atoms with Gasteiger partial charge in [-0.2, -0.15) is 4.31 Å². The average molecular weight is 491 g/mol. The molecule has 3 aliphatic rings. The summed E-state index contributed by atoms with van der Waals surface area (Å²) < 4.78 is 29.5. The van der Waals surface area contributed by atoms with Crippen LogP contribution in [0.4, 0.5) is 5.69 Å². The highest BCUT2D eigenvalue weighted by molar-refractivity contribution is 7.99. The van der Waals surface area contributed by atoms with Gasteiger partial charge in [-0.05, 0) is 66.3 Å². The highest BCUT2D eigenvalue weighted by atomic mass is 32.2. The predicted octanol–water partition coefficient (Wildman–Crippen LogP) is 3.03. The van der Waals surface area contributed by atoms with Gasteiger partial charge in [0, 0.05) is 25.3 Å². The minimum atomic E-state index is -3.48. The minimum absolute atomic E-state index is 0.0106. The standard InChI is InChI=1S/C22H30N6O3S2/c29-21(16-32-22-23-24-25-28(22)18-7-3-1-4-8-18)27-14-11-17-15-19(9-10-20(17)27)33(30,31)26-12-5-2-6-13-26/h9-10,15,18H,1-8,11-14,16H2. The second-order valence-electron chi connectivity index (χ2n) is 9.04. The lowest BCUT2D eigenvalue weighted by atomic mass is 9.96. The number of aromatic nitrogens is 4. The molecule has 2 aliphatic heterocycles. The second kappa shape index (κ2) is 9.71. The van der Waals surface area contributed by atoms with Crippen molar-refractivity contribution in [2.45, 2.75) is 73.9 Å². The Morgan fingerprint density at radius 3 is 2.58 bits per heavy atom. The van der Waals surface area contributed by atoms with E-state index < -0.39 is 10.0 Å². The molecule has 1 amide bonds. The summed E-state index contributed by atoms with van der Waals surface area (Å²) in [5, 5.41) is 12.8. The monoisotopic (exact) mass is 490 g/mol. The van der Waals surface area contributed by atoms with Gasteiger partial charge in [-0.1, -0.05) is 37.4 Å². The van der Waals surface area contributed by atoms with Gasteiger partial charge in [0.15, 0.2) is 0 Å². The quantitative estimate of drug-likeness (QED) is 0.574. The van der Waals surface area contributed by atoms with E-state index in [4.69, 9.17) is 0 Å². The average Bonchev–Trinajstić information content (AvgIpc) is 3.50. The van der Waals surface area contributed by atoms with E-state index in [1.54, 1.807) is 27.4 Å². The summed E-state index contributed by atoms with van der Waals surface area (Å²) in [6, 6.07) is 5.50. The minimum Gasteiger partial charge on any atom is -0.311 e. The fourth-order valence-corrected chi connectivity index (χ4v) is 7.48. The van der Waals surface area contributed by atoms with Crippen LogP contribution in [0, 0.1) is 0 Å². The van der Waals surface area contributed by atoms with Crippen molar-refractivity contribution in [3.05, 3.63) is 23.8 Å². The molecule has 5 rings (SSSR count). The number of sulfonamides is 1. The Bertz CT molecular complexity index is 1110. The number of carbonyl (C=O) groups is 1. The molecule has 1 aromatic carbocycles. The molecule has 33 heavy (non-hydrogen) atoms. The fourth-order valence-electron chi connectivity index (χ4n) is 5.09. The summed E-state index contributed by atoms with van der Waals surface area (Å²) in [5.74, 6) is 0.240. The molecule has 2 fully saturated rings. The molecule has 1 aliphatic carbocycles. The van der Waals surface area contributed by atoms with Gasteiger partial charge in [0.2, 0.25) is 21.1 Å². The Morgan fingerprint density at radius 1 is 1.03 bits per heavy atom. The lowest BCUT2D eigenvalue weighted by Crippen LogP contribution is -2.35. The lowest BCUT2D eigenvalue weighted by Gasteiger charge is -2.26. The van der Waals surface area contributed by atoms with Gasteiger partial charge < -0.3 is 4.90 Å². The first kappa shape index (κ1) is 22.8. The third kappa shape index (κ3) is 4.67. The van der Waals surface area contributed by atoms with E-state index in [0.29, 0.717) is 42.1 Å². The number of tetrazole rings is 1. The van der Waals surface area contributed by atoms with Crippen LogP contribution < -0.4 is 4.90 Å². The van der Waals surface area contributed by atoms with Crippen LogP contribution in [-0.4, -0.2) is 64.2 Å².